The van der Waals surface area contributed by atoms with Crippen LogP contribution in [0.5, 0.6) is 0 Å². The van der Waals surface area contributed by atoms with Crippen LogP contribution < -0.4 is 10.6 Å². The van der Waals surface area contributed by atoms with Crippen molar-refractivity contribution in [1.82, 2.24) is 10.6 Å². The Labute approximate surface area is 87.6 Å². The third-order valence-electron chi connectivity index (χ3n) is 2.55. The number of piperazine rings is 1. The summed E-state index contributed by atoms with van der Waals surface area (Å²) in [6.07, 6.45) is 0. The molecule has 1 fully saturated rings. The zero-order valence-electron chi connectivity index (χ0n) is 8.27. The van der Waals surface area contributed by atoms with Gasteiger partial charge in [-0.05, 0) is 0 Å². The minimum atomic E-state index is -0.328. The van der Waals surface area contributed by atoms with Crippen LogP contribution >= 0.6 is 0 Å². The van der Waals surface area contributed by atoms with Gasteiger partial charge in [0.1, 0.15) is 0 Å². The lowest BCUT2D eigenvalue weighted by Gasteiger charge is -2.24. The molecule has 1 aliphatic heterocycles. The summed E-state index contributed by atoms with van der Waals surface area (Å²) in [4.78, 5) is 10.5. The molecule has 1 aromatic rings. The van der Waals surface area contributed by atoms with Crippen molar-refractivity contribution in [1.29, 1.82) is 0 Å². The highest BCUT2D eigenvalue weighted by Gasteiger charge is 2.22. The van der Waals surface area contributed by atoms with Gasteiger partial charge in [-0.15, -0.1) is 0 Å². The zero-order chi connectivity index (χ0) is 10.7. The summed E-state index contributed by atoms with van der Waals surface area (Å²) < 4.78 is 0. The topological polar surface area (TPSA) is 67.2 Å². The van der Waals surface area contributed by atoms with Crippen LogP contribution in [0.3, 0.4) is 0 Å². The van der Waals surface area contributed by atoms with E-state index in [1.54, 1.807) is 12.1 Å². The fourth-order valence-corrected chi connectivity index (χ4v) is 1.82. The first kappa shape index (κ1) is 10.1. The predicted octanol–water partition coefficient (Wildman–Crippen LogP) is 0.829. The van der Waals surface area contributed by atoms with Crippen LogP contribution in [-0.4, -0.2) is 24.6 Å². The monoisotopic (exact) mass is 207 g/mol. The van der Waals surface area contributed by atoms with E-state index in [9.17, 15) is 10.1 Å². The molecule has 1 saturated heterocycles. The third kappa shape index (κ3) is 2.14. The van der Waals surface area contributed by atoms with Gasteiger partial charge in [0.2, 0.25) is 0 Å². The standard InChI is InChI=1S/C10H13N3O2/c14-13(15)10-4-2-1-3-8(10)9-7-11-5-6-12-9/h1-4,9,11-12H,5-7H2. The van der Waals surface area contributed by atoms with Crippen LogP contribution in [0.4, 0.5) is 5.69 Å². The summed E-state index contributed by atoms with van der Waals surface area (Å²) in [5.41, 5.74) is 0.952. The van der Waals surface area contributed by atoms with Crippen LogP contribution in [0.1, 0.15) is 11.6 Å². The van der Waals surface area contributed by atoms with Gasteiger partial charge < -0.3 is 10.6 Å². The van der Waals surface area contributed by atoms with E-state index in [1.807, 2.05) is 12.1 Å². The zero-order valence-corrected chi connectivity index (χ0v) is 8.27. The Kier molecular flexibility index (Phi) is 2.94. The minimum absolute atomic E-state index is 0.0420. The highest BCUT2D eigenvalue weighted by Crippen LogP contribution is 2.24. The second kappa shape index (κ2) is 4.37. The predicted molar refractivity (Wildman–Crippen MR) is 56.7 cm³/mol. The van der Waals surface area contributed by atoms with E-state index in [4.69, 9.17) is 0 Å². The van der Waals surface area contributed by atoms with E-state index in [-0.39, 0.29) is 16.7 Å². The van der Waals surface area contributed by atoms with Gasteiger partial charge in [0, 0.05) is 31.3 Å². The molecular formula is C10H13N3O2. The molecule has 1 unspecified atom stereocenters. The minimum Gasteiger partial charge on any atom is -0.314 e. The van der Waals surface area contributed by atoms with Gasteiger partial charge in [-0.3, -0.25) is 10.1 Å². The number of nitrogens with zero attached hydrogens (tertiary/aromatic N) is 1. The molecule has 1 atom stereocenters. The van der Waals surface area contributed by atoms with E-state index in [2.05, 4.69) is 10.6 Å². The van der Waals surface area contributed by atoms with Crippen molar-refractivity contribution in [2.45, 2.75) is 6.04 Å². The van der Waals surface area contributed by atoms with E-state index >= 15 is 0 Å². The van der Waals surface area contributed by atoms with Crippen LogP contribution in [0.2, 0.25) is 0 Å². The van der Waals surface area contributed by atoms with Crippen molar-refractivity contribution in [3.05, 3.63) is 39.9 Å². The number of nitrogens with one attached hydrogen (secondary N) is 2. The molecule has 0 amide bonds. The first-order valence-electron chi connectivity index (χ1n) is 4.96. The van der Waals surface area contributed by atoms with E-state index < -0.39 is 0 Å². The molecule has 1 aromatic carbocycles. The van der Waals surface area contributed by atoms with Gasteiger partial charge in [-0.25, -0.2) is 0 Å². The highest BCUT2D eigenvalue weighted by atomic mass is 16.6. The Morgan fingerprint density at radius 3 is 2.80 bits per heavy atom. The fourth-order valence-electron chi connectivity index (χ4n) is 1.82. The number of hydrogen-bond acceptors (Lipinski definition) is 4. The van der Waals surface area contributed by atoms with Crippen molar-refractivity contribution < 1.29 is 4.92 Å². The summed E-state index contributed by atoms with van der Waals surface area (Å²) in [6, 6.07) is 6.92. The maximum absolute atomic E-state index is 10.8. The average molecular weight is 207 g/mol. The normalized spacial score (nSPS) is 21.2. The van der Waals surface area contributed by atoms with Gasteiger partial charge in [-0.2, -0.15) is 0 Å². The SMILES string of the molecule is O=[N+]([O-])c1ccccc1C1CNCCN1. The van der Waals surface area contributed by atoms with Gasteiger partial charge in [0.15, 0.2) is 0 Å². The van der Waals surface area contributed by atoms with Crippen molar-refractivity contribution in [2.24, 2.45) is 0 Å². The number of para-hydroxylation sites is 1. The summed E-state index contributed by atoms with van der Waals surface area (Å²) in [6.45, 7) is 2.50. The quantitative estimate of drug-likeness (QED) is 0.556. The molecule has 0 aliphatic carbocycles. The van der Waals surface area contributed by atoms with Crippen molar-refractivity contribution >= 4 is 5.69 Å². The molecule has 0 spiro atoms. The Morgan fingerprint density at radius 1 is 1.33 bits per heavy atom. The Balaban J connectivity index is 2.29. The van der Waals surface area contributed by atoms with Crippen LogP contribution in [0, 0.1) is 10.1 Å². The smallest absolute Gasteiger partial charge is 0.274 e. The molecule has 5 heteroatoms. The number of rotatable bonds is 2. The lowest BCUT2D eigenvalue weighted by atomic mass is 10.0. The number of benzene rings is 1. The maximum Gasteiger partial charge on any atom is 0.274 e. The Hall–Kier alpha value is -1.46. The second-order valence-corrected chi connectivity index (χ2v) is 3.53. The van der Waals surface area contributed by atoms with E-state index in [0.717, 1.165) is 25.2 Å². The molecule has 0 saturated carbocycles. The molecular weight excluding hydrogens is 194 g/mol. The van der Waals surface area contributed by atoms with Crippen LogP contribution in [0.15, 0.2) is 24.3 Å². The number of nitro benzene ring substituents is 1. The summed E-state index contributed by atoms with van der Waals surface area (Å²) >= 11 is 0. The first-order chi connectivity index (χ1) is 7.29. The molecule has 5 nitrogen and oxygen atoms in total. The summed E-state index contributed by atoms with van der Waals surface area (Å²) in [5, 5.41) is 17.3. The number of nitro groups is 1. The fraction of sp³-hybridized carbons (Fsp3) is 0.400. The Bertz CT molecular complexity index is 361. The highest BCUT2D eigenvalue weighted by molar-refractivity contribution is 5.42. The van der Waals surface area contributed by atoms with E-state index in [1.165, 1.54) is 0 Å². The molecule has 0 aromatic heterocycles. The van der Waals surface area contributed by atoms with Gasteiger partial charge in [-0.1, -0.05) is 18.2 Å². The van der Waals surface area contributed by atoms with Crippen molar-refractivity contribution in [3.63, 3.8) is 0 Å². The van der Waals surface area contributed by atoms with Gasteiger partial charge in [0.25, 0.3) is 5.69 Å². The average Bonchev–Trinajstić information content (AvgIpc) is 2.30. The van der Waals surface area contributed by atoms with Crippen molar-refractivity contribution in [3.8, 4) is 0 Å². The summed E-state index contributed by atoms with van der Waals surface area (Å²) in [5.74, 6) is 0. The first-order valence-corrected chi connectivity index (χ1v) is 4.96. The molecule has 0 bridgehead atoms. The number of hydrogen-bond donors (Lipinski definition) is 2. The van der Waals surface area contributed by atoms with Gasteiger partial charge in [0.05, 0.1) is 11.0 Å². The lowest BCUT2D eigenvalue weighted by Crippen LogP contribution is -2.42. The molecule has 1 heterocycles. The lowest BCUT2D eigenvalue weighted by molar-refractivity contribution is -0.385. The molecule has 2 rings (SSSR count). The summed E-state index contributed by atoms with van der Waals surface area (Å²) in [7, 11) is 0. The molecule has 0 radical (unpaired) electrons. The second-order valence-electron chi connectivity index (χ2n) is 3.53. The third-order valence-corrected chi connectivity index (χ3v) is 2.55. The molecule has 2 N–H and O–H groups in total. The molecule has 15 heavy (non-hydrogen) atoms. The molecule has 80 valence electrons. The van der Waals surface area contributed by atoms with Crippen LogP contribution in [-0.2, 0) is 0 Å². The van der Waals surface area contributed by atoms with Crippen LogP contribution in [0.25, 0.3) is 0 Å². The largest absolute Gasteiger partial charge is 0.314 e. The maximum atomic E-state index is 10.8. The van der Waals surface area contributed by atoms with Gasteiger partial charge >= 0.3 is 0 Å². The van der Waals surface area contributed by atoms with E-state index in [0.29, 0.717) is 0 Å². The van der Waals surface area contributed by atoms with Crippen molar-refractivity contribution in [2.75, 3.05) is 19.6 Å². The Morgan fingerprint density at radius 2 is 2.13 bits per heavy atom. The molecule has 1 aliphatic rings.